The van der Waals surface area contributed by atoms with Gasteiger partial charge in [-0.3, -0.25) is 9.59 Å². The molecule has 3 N–H and O–H groups in total. The van der Waals surface area contributed by atoms with Gasteiger partial charge in [0.25, 0.3) is 0 Å². The molecule has 4 rings (SSSR count). The number of rotatable bonds is 7. The maximum absolute atomic E-state index is 12.9. The zero-order chi connectivity index (χ0) is 21.8. The van der Waals surface area contributed by atoms with Crippen molar-refractivity contribution in [2.45, 2.75) is 19.0 Å². The van der Waals surface area contributed by atoms with E-state index in [4.69, 9.17) is 10.5 Å². The van der Waals surface area contributed by atoms with E-state index in [-0.39, 0.29) is 30.2 Å². The summed E-state index contributed by atoms with van der Waals surface area (Å²) in [5.41, 5.74) is 7.95. The van der Waals surface area contributed by atoms with Gasteiger partial charge in [-0.2, -0.15) is 0 Å². The number of nitrogens with two attached hydrogens (primary N) is 1. The highest BCUT2D eigenvalue weighted by atomic mass is 16.5. The van der Waals surface area contributed by atoms with Crippen molar-refractivity contribution in [3.05, 3.63) is 77.9 Å². The Morgan fingerprint density at radius 3 is 2.58 bits per heavy atom. The average molecular weight is 418 g/mol. The summed E-state index contributed by atoms with van der Waals surface area (Å²) in [6.07, 6.45) is 0.219. The van der Waals surface area contributed by atoms with Crippen LogP contribution in [-0.4, -0.2) is 36.9 Å². The molecule has 0 spiro atoms. The smallest absolute Gasteiger partial charge is 0.225 e. The van der Waals surface area contributed by atoms with E-state index in [1.165, 1.54) is 0 Å². The number of hydrogen-bond donors (Lipinski definition) is 2. The Balaban J connectivity index is 1.40. The molecule has 1 fully saturated rings. The second-order valence-electron chi connectivity index (χ2n) is 7.93. The minimum absolute atomic E-state index is 0.00836. The first-order valence-electron chi connectivity index (χ1n) is 10.5. The van der Waals surface area contributed by atoms with Gasteiger partial charge in [0.2, 0.25) is 11.8 Å². The molecule has 0 aliphatic carbocycles. The van der Waals surface area contributed by atoms with Crippen LogP contribution in [0.3, 0.4) is 0 Å². The van der Waals surface area contributed by atoms with Crippen LogP contribution in [0.25, 0.3) is 10.8 Å². The summed E-state index contributed by atoms with van der Waals surface area (Å²) in [6, 6.07) is 21.5. The molecule has 6 heteroatoms. The van der Waals surface area contributed by atoms with Gasteiger partial charge in [-0.1, -0.05) is 48.5 Å². The Bertz CT molecular complexity index is 1080. The molecular weight excluding hydrogens is 390 g/mol. The van der Waals surface area contributed by atoms with Crippen LogP contribution in [0.1, 0.15) is 23.6 Å². The van der Waals surface area contributed by atoms with E-state index in [2.05, 4.69) is 17.4 Å². The minimum Gasteiger partial charge on any atom is -0.497 e. The van der Waals surface area contributed by atoms with E-state index in [9.17, 15) is 9.59 Å². The second kappa shape index (κ2) is 9.18. The Morgan fingerprint density at radius 1 is 1.13 bits per heavy atom. The minimum atomic E-state index is -0.375. The largest absolute Gasteiger partial charge is 0.497 e. The normalized spacial score (nSPS) is 17.0. The van der Waals surface area contributed by atoms with Gasteiger partial charge in [0.1, 0.15) is 5.75 Å². The van der Waals surface area contributed by atoms with Gasteiger partial charge in [0.15, 0.2) is 0 Å². The first kappa shape index (κ1) is 20.9. The highest BCUT2D eigenvalue weighted by Crippen LogP contribution is 2.24. The van der Waals surface area contributed by atoms with E-state index < -0.39 is 0 Å². The lowest BCUT2D eigenvalue weighted by atomic mass is 10.0. The van der Waals surface area contributed by atoms with Gasteiger partial charge in [-0.25, -0.2) is 0 Å². The summed E-state index contributed by atoms with van der Waals surface area (Å²) >= 11 is 0. The van der Waals surface area contributed by atoms with Crippen molar-refractivity contribution in [1.29, 1.82) is 0 Å². The highest BCUT2D eigenvalue weighted by Gasteiger charge is 2.35. The molecule has 160 valence electrons. The van der Waals surface area contributed by atoms with Gasteiger partial charge in [0.05, 0.1) is 19.1 Å². The SMILES string of the molecule is COc1ccc(CN2CC(C(=O)NC(CN)c3ccc4ccccc4c3)CC2=O)cc1. The fourth-order valence-corrected chi connectivity index (χ4v) is 4.04. The number of carbonyl (C=O) groups is 2. The van der Waals surface area contributed by atoms with E-state index in [1.807, 2.05) is 54.6 Å². The van der Waals surface area contributed by atoms with Crippen LogP contribution in [0, 0.1) is 5.92 Å². The number of ether oxygens (including phenoxy) is 1. The number of carbonyl (C=O) groups excluding carboxylic acids is 2. The molecule has 1 heterocycles. The quantitative estimate of drug-likeness (QED) is 0.619. The predicted molar refractivity (Wildman–Crippen MR) is 120 cm³/mol. The van der Waals surface area contributed by atoms with Gasteiger partial charge in [-0.15, -0.1) is 0 Å². The van der Waals surface area contributed by atoms with Crippen LogP contribution in [0.4, 0.5) is 0 Å². The standard InChI is InChI=1S/C25H27N3O3/c1-31-22-10-6-17(7-11-22)15-28-16-21(13-24(28)29)25(30)27-23(14-26)20-9-8-18-4-2-3-5-19(18)12-20/h2-12,21,23H,13-16,26H2,1H3,(H,27,30). The van der Waals surface area contributed by atoms with Crippen LogP contribution in [0.15, 0.2) is 66.7 Å². The molecule has 1 aliphatic heterocycles. The Morgan fingerprint density at radius 2 is 1.87 bits per heavy atom. The van der Waals surface area contributed by atoms with Gasteiger partial charge < -0.3 is 20.7 Å². The number of nitrogens with one attached hydrogen (secondary N) is 1. The molecule has 0 radical (unpaired) electrons. The number of fused-ring (bicyclic) bond motifs is 1. The number of benzene rings is 3. The van der Waals surface area contributed by atoms with Crippen LogP contribution < -0.4 is 15.8 Å². The lowest BCUT2D eigenvalue weighted by Gasteiger charge is -2.21. The molecule has 0 bridgehead atoms. The molecule has 3 aromatic carbocycles. The first-order chi connectivity index (χ1) is 15.1. The lowest BCUT2D eigenvalue weighted by Crippen LogP contribution is -2.38. The van der Waals surface area contributed by atoms with E-state index in [1.54, 1.807) is 12.0 Å². The van der Waals surface area contributed by atoms with Gasteiger partial charge in [0, 0.05) is 26.1 Å². The first-order valence-corrected chi connectivity index (χ1v) is 10.5. The van der Waals surface area contributed by atoms with E-state index >= 15 is 0 Å². The summed E-state index contributed by atoms with van der Waals surface area (Å²) in [6.45, 7) is 1.18. The number of likely N-dealkylation sites (tertiary alicyclic amines) is 1. The topological polar surface area (TPSA) is 84.7 Å². The highest BCUT2D eigenvalue weighted by molar-refractivity contribution is 5.89. The molecule has 1 aliphatic rings. The number of nitrogens with zero attached hydrogens (tertiary/aromatic N) is 1. The number of amides is 2. The van der Waals surface area contributed by atoms with Crippen LogP contribution >= 0.6 is 0 Å². The summed E-state index contributed by atoms with van der Waals surface area (Å²) in [5.74, 6) is 0.260. The third-order valence-electron chi connectivity index (χ3n) is 5.85. The average Bonchev–Trinajstić information content (AvgIpc) is 3.17. The van der Waals surface area contributed by atoms with Crippen LogP contribution in [0.5, 0.6) is 5.75 Å². The Labute approximate surface area is 182 Å². The Kier molecular flexibility index (Phi) is 6.18. The molecule has 6 nitrogen and oxygen atoms in total. The van der Waals surface area contributed by atoms with E-state index in [0.717, 1.165) is 27.6 Å². The molecule has 2 atom stereocenters. The van der Waals surface area contributed by atoms with Crippen molar-refractivity contribution in [3.63, 3.8) is 0 Å². The third kappa shape index (κ3) is 4.70. The predicted octanol–water partition coefficient (Wildman–Crippen LogP) is 3.01. The maximum Gasteiger partial charge on any atom is 0.225 e. The summed E-state index contributed by atoms with van der Waals surface area (Å²) < 4.78 is 5.17. The summed E-state index contributed by atoms with van der Waals surface area (Å²) in [7, 11) is 1.62. The molecule has 3 aromatic rings. The zero-order valence-corrected chi connectivity index (χ0v) is 17.6. The van der Waals surface area contributed by atoms with E-state index in [0.29, 0.717) is 19.6 Å². The second-order valence-corrected chi connectivity index (χ2v) is 7.93. The fraction of sp³-hybridized carbons (Fsp3) is 0.280. The summed E-state index contributed by atoms with van der Waals surface area (Å²) in [5, 5.41) is 5.30. The van der Waals surface area contributed by atoms with Crippen molar-refractivity contribution < 1.29 is 14.3 Å². The van der Waals surface area contributed by atoms with Crippen molar-refractivity contribution >= 4 is 22.6 Å². The molecule has 2 unspecified atom stereocenters. The van der Waals surface area contributed by atoms with Gasteiger partial charge >= 0.3 is 0 Å². The zero-order valence-electron chi connectivity index (χ0n) is 17.6. The van der Waals surface area contributed by atoms with Crippen molar-refractivity contribution in [2.24, 2.45) is 11.7 Å². The fourth-order valence-electron chi connectivity index (χ4n) is 4.04. The van der Waals surface area contributed by atoms with Gasteiger partial charge in [-0.05, 0) is 40.1 Å². The van der Waals surface area contributed by atoms with Crippen molar-refractivity contribution in [1.82, 2.24) is 10.2 Å². The Hall–Kier alpha value is -3.38. The summed E-state index contributed by atoms with van der Waals surface area (Å²) in [4.78, 5) is 27.1. The van der Waals surface area contributed by atoms with Crippen molar-refractivity contribution in [2.75, 3.05) is 20.2 Å². The van der Waals surface area contributed by atoms with Crippen LogP contribution in [-0.2, 0) is 16.1 Å². The molecule has 2 amide bonds. The lowest BCUT2D eigenvalue weighted by molar-refractivity contribution is -0.129. The van der Waals surface area contributed by atoms with Crippen molar-refractivity contribution in [3.8, 4) is 5.75 Å². The monoisotopic (exact) mass is 417 g/mol. The third-order valence-corrected chi connectivity index (χ3v) is 5.85. The molecule has 0 aromatic heterocycles. The van der Waals surface area contributed by atoms with Crippen LogP contribution in [0.2, 0.25) is 0 Å². The molecule has 31 heavy (non-hydrogen) atoms. The maximum atomic E-state index is 12.9. The molecule has 0 saturated carbocycles. The number of hydrogen-bond acceptors (Lipinski definition) is 4. The number of methoxy groups -OCH3 is 1. The molecular formula is C25H27N3O3. The molecule has 1 saturated heterocycles.